The average molecular weight is 470 g/mol. The third kappa shape index (κ3) is 4.08. The summed E-state index contributed by atoms with van der Waals surface area (Å²) in [6.45, 7) is 2.03. The molecule has 2 bridgehead atoms. The van der Waals surface area contributed by atoms with Crippen LogP contribution in [0.2, 0.25) is 5.02 Å². The molecule has 9 heteroatoms. The largest absolute Gasteiger partial charge is 0.393 e. The molecule has 2 aliphatic carbocycles. The summed E-state index contributed by atoms with van der Waals surface area (Å²) in [4.78, 5) is 12.4. The molecular weight excluding hydrogens is 448 g/mol. The molecule has 0 aromatic heterocycles. The molecule has 2 fully saturated rings. The van der Waals surface area contributed by atoms with Gasteiger partial charge in [0.25, 0.3) is 5.91 Å². The predicted octanol–water partition coefficient (Wildman–Crippen LogP) is 4.44. The van der Waals surface area contributed by atoms with Gasteiger partial charge < -0.3 is 10.4 Å². The Kier molecular flexibility index (Phi) is 5.83. The number of hydrogen-bond acceptors (Lipinski definition) is 4. The predicted molar refractivity (Wildman–Crippen MR) is 113 cm³/mol. The number of fused-ring (bicyclic) bond motifs is 2. The number of anilines is 1. The molecule has 0 radical (unpaired) electrons. The van der Waals surface area contributed by atoms with Gasteiger partial charge in [-0.15, -0.1) is 0 Å². The number of nitrogens with one attached hydrogen (secondary N) is 1. The summed E-state index contributed by atoms with van der Waals surface area (Å²) in [5.41, 5.74) is 0.0648. The zero-order chi connectivity index (χ0) is 22.5. The number of carbonyl (C=O) groups excluding carboxylic acids is 1. The van der Waals surface area contributed by atoms with E-state index in [9.17, 15) is 27.1 Å². The highest BCUT2D eigenvalue weighted by molar-refractivity contribution is 7.92. The van der Waals surface area contributed by atoms with Gasteiger partial charge in [0, 0.05) is 17.3 Å². The maximum Gasteiger partial charge on any atom is 0.255 e. The first-order valence-corrected chi connectivity index (χ1v) is 12.0. The van der Waals surface area contributed by atoms with E-state index in [-0.39, 0.29) is 38.9 Å². The van der Waals surface area contributed by atoms with Crippen LogP contribution in [0, 0.1) is 29.4 Å². The fourth-order valence-corrected chi connectivity index (χ4v) is 7.30. The molecule has 4 rings (SSSR count). The molecule has 0 heterocycles. The van der Waals surface area contributed by atoms with Gasteiger partial charge in [-0.05, 0) is 67.3 Å². The third-order valence-electron chi connectivity index (χ3n) is 6.54. The zero-order valence-electron chi connectivity index (χ0n) is 16.7. The topological polar surface area (TPSA) is 83.5 Å². The smallest absolute Gasteiger partial charge is 0.255 e. The molecule has 0 aliphatic heterocycles. The molecule has 2 aromatic carbocycles. The molecule has 2 aliphatic rings. The fraction of sp³-hybridized carbons (Fsp3) is 0.409. The summed E-state index contributed by atoms with van der Waals surface area (Å²) in [7, 11) is -3.84. The van der Waals surface area contributed by atoms with E-state index in [0.717, 1.165) is 18.6 Å². The van der Waals surface area contributed by atoms with Crippen molar-refractivity contribution in [2.45, 2.75) is 42.4 Å². The first-order chi connectivity index (χ1) is 14.6. The zero-order valence-corrected chi connectivity index (χ0v) is 18.3. The van der Waals surface area contributed by atoms with Crippen LogP contribution < -0.4 is 5.32 Å². The average Bonchev–Trinajstić information content (AvgIpc) is 2.87. The van der Waals surface area contributed by atoms with Gasteiger partial charge in [-0.1, -0.05) is 18.5 Å². The van der Waals surface area contributed by atoms with Crippen LogP contribution in [-0.4, -0.2) is 30.8 Å². The van der Waals surface area contributed by atoms with Gasteiger partial charge in [-0.2, -0.15) is 0 Å². The highest BCUT2D eigenvalue weighted by atomic mass is 35.5. The number of aliphatic hydroxyl groups excluding tert-OH is 1. The number of halogens is 3. The van der Waals surface area contributed by atoms with Crippen LogP contribution in [0.25, 0.3) is 0 Å². The highest BCUT2D eigenvalue weighted by Crippen LogP contribution is 2.48. The second kappa shape index (κ2) is 8.15. The molecule has 166 valence electrons. The van der Waals surface area contributed by atoms with Crippen molar-refractivity contribution in [3.05, 3.63) is 58.6 Å². The standard InChI is InChI=1S/C22H22ClF2NO4S/c1-11-6-13-7-15(10-16(11)21(13)27)31(29,30)20-8-12(2-4-17(20)23)22(28)26-14-3-5-18(24)19(25)9-14/h2-5,8-9,11,13,15-16,21,27H,6-7,10H2,1H3,(H,26,28)/t11-,13?,15+,16+,21+/m0/s1. The second-order valence-corrected chi connectivity index (χ2v) is 11.1. The third-order valence-corrected chi connectivity index (χ3v) is 9.20. The van der Waals surface area contributed by atoms with Gasteiger partial charge in [0.1, 0.15) is 0 Å². The molecule has 31 heavy (non-hydrogen) atoms. The number of carbonyl (C=O) groups is 1. The second-order valence-electron chi connectivity index (χ2n) is 8.49. The number of sulfone groups is 1. The van der Waals surface area contributed by atoms with Crippen LogP contribution in [0.3, 0.4) is 0 Å². The molecule has 0 spiro atoms. The van der Waals surface area contributed by atoms with Crippen molar-refractivity contribution in [2.24, 2.45) is 17.8 Å². The summed E-state index contributed by atoms with van der Waals surface area (Å²) in [6.07, 6.45) is 1.02. The monoisotopic (exact) mass is 469 g/mol. The normalized spacial score (nSPS) is 27.8. The van der Waals surface area contributed by atoms with Gasteiger partial charge in [-0.25, -0.2) is 17.2 Å². The van der Waals surface area contributed by atoms with Gasteiger partial charge in [0.05, 0.1) is 21.3 Å². The Labute approximate surface area is 184 Å². The molecule has 5 nitrogen and oxygen atoms in total. The minimum atomic E-state index is -3.84. The lowest BCUT2D eigenvalue weighted by molar-refractivity contribution is 0.0552. The van der Waals surface area contributed by atoms with Gasteiger partial charge in [0.15, 0.2) is 21.5 Å². The van der Waals surface area contributed by atoms with Crippen molar-refractivity contribution < 1.29 is 27.1 Å². The summed E-state index contributed by atoms with van der Waals surface area (Å²) >= 11 is 6.20. The molecule has 2 saturated carbocycles. The Hall–Kier alpha value is -2.03. The van der Waals surface area contributed by atoms with E-state index in [0.29, 0.717) is 12.8 Å². The first kappa shape index (κ1) is 22.2. The SMILES string of the molecule is C[C@H]1CC2C[C@@H](S(=O)(=O)c3cc(C(=O)Nc4ccc(F)c(F)c4)ccc3Cl)C[C@H]1[C@@H]2O. The van der Waals surface area contributed by atoms with E-state index in [1.165, 1.54) is 24.3 Å². The van der Waals surface area contributed by atoms with Gasteiger partial charge in [0.2, 0.25) is 0 Å². The lowest BCUT2D eigenvalue weighted by Gasteiger charge is -2.32. The minimum Gasteiger partial charge on any atom is -0.393 e. The Bertz CT molecular complexity index is 1140. The van der Waals surface area contributed by atoms with Crippen molar-refractivity contribution in [1.82, 2.24) is 0 Å². The fourth-order valence-electron chi connectivity index (χ4n) is 4.90. The van der Waals surface area contributed by atoms with Gasteiger partial charge in [-0.3, -0.25) is 4.79 Å². The summed E-state index contributed by atoms with van der Waals surface area (Å²) < 4.78 is 53.2. The molecule has 2 aromatic rings. The quantitative estimate of drug-likeness (QED) is 0.693. The molecule has 0 saturated heterocycles. The van der Waals surface area contributed by atoms with Crippen LogP contribution in [0.4, 0.5) is 14.5 Å². The van der Waals surface area contributed by atoms with E-state index in [1.54, 1.807) is 0 Å². The molecule has 5 atom stereocenters. The van der Waals surface area contributed by atoms with E-state index >= 15 is 0 Å². The van der Waals surface area contributed by atoms with Crippen molar-refractivity contribution in [2.75, 3.05) is 5.32 Å². The number of hydrogen-bond donors (Lipinski definition) is 2. The van der Waals surface area contributed by atoms with E-state index in [2.05, 4.69) is 5.32 Å². The Morgan fingerprint density at radius 1 is 1.10 bits per heavy atom. The molecule has 1 amide bonds. The van der Waals surface area contributed by atoms with E-state index < -0.39 is 38.7 Å². The summed E-state index contributed by atoms with van der Waals surface area (Å²) in [6, 6.07) is 6.84. The maximum atomic E-state index is 13.4. The minimum absolute atomic E-state index is 0.0101. The van der Waals surface area contributed by atoms with Gasteiger partial charge >= 0.3 is 0 Å². The number of rotatable bonds is 4. The van der Waals surface area contributed by atoms with Crippen molar-refractivity contribution in [1.29, 1.82) is 0 Å². The van der Waals surface area contributed by atoms with Crippen LogP contribution in [0.15, 0.2) is 41.3 Å². The van der Waals surface area contributed by atoms with E-state index in [1.807, 2.05) is 6.92 Å². The first-order valence-electron chi connectivity index (χ1n) is 10.1. The lowest BCUT2D eigenvalue weighted by atomic mass is 9.84. The molecular formula is C22H22ClF2NO4S. The number of benzene rings is 2. The summed E-state index contributed by atoms with van der Waals surface area (Å²) in [5, 5.41) is 12.1. The molecule has 1 unspecified atom stereocenters. The van der Waals surface area contributed by atoms with Crippen LogP contribution in [-0.2, 0) is 9.84 Å². The van der Waals surface area contributed by atoms with E-state index in [4.69, 9.17) is 11.6 Å². The van der Waals surface area contributed by atoms with Crippen LogP contribution >= 0.6 is 11.6 Å². The van der Waals surface area contributed by atoms with Crippen molar-refractivity contribution in [3.8, 4) is 0 Å². The Balaban J connectivity index is 1.60. The van der Waals surface area contributed by atoms with Crippen LogP contribution in [0.1, 0.15) is 36.5 Å². The Morgan fingerprint density at radius 3 is 2.52 bits per heavy atom. The lowest BCUT2D eigenvalue weighted by Crippen LogP contribution is -2.38. The van der Waals surface area contributed by atoms with Crippen molar-refractivity contribution in [3.63, 3.8) is 0 Å². The highest BCUT2D eigenvalue weighted by Gasteiger charge is 2.49. The summed E-state index contributed by atoms with van der Waals surface area (Å²) in [5.74, 6) is -2.71. The Morgan fingerprint density at radius 2 is 1.84 bits per heavy atom. The number of amides is 1. The maximum absolute atomic E-state index is 13.4. The molecule has 2 N–H and O–H groups in total. The van der Waals surface area contributed by atoms with Crippen LogP contribution in [0.5, 0.6) is 0 Å². The van der Waals surface area contributed by atoms with Crippen molar-refractivity contribution >= 4 is 33.0 Å². The number of aliphatic hydroxyl groups is 1.